The first-order chi connectivity index (χ1) is 16.5. The Hall–Kier alpha value is -2.70. The maximum Gasteiger partial charge on any atom is 0.238 e. The molecule has 1 aliphatic carbocycles. The highest BCUT2D eigenvalue weighted by atomic mass is 16.2. The van der Waals surface area contributed by atoms with E-state index in [0.717, 1.165) is 42.7 Å². The van der Waals surface area contributed by atoms with Crippen molar-refractivity contribution >= 4 is 17.5 Å². The number of para-hydroxylation sites is 1. The first kappa shape index (κ1) is 24.4. The number of nitrogens with one attached hydrogen (secondary N) is 2. The van der Waals surface area contributed by atoms with E-state index in [4.69, 9.17) is 0 Å². The van der Waals surface area contributed by atoms with Crippen LogP contribution in [0.5, 0.6) is 0 Å². The number of amides is 2. The molecule has 1 unspecified atom stereocenters. The van der Waals surface area contributed by atoms with Crippen LogP contribution in [0.25, 0.3) is 0 Å². The Labute approximate surface area is 203 Å². The summed E-state index contributed by atoms with van der Waals surface area (Å²) in [6.07, 6.45) is 5.05. The summed E-state index contributed by atoms with van der Waals surface area (Å²) >= 11 is 0. The van der Waals surface area contributed by atoms with Crippen molar-refractivity contribution in [3.05, 3.63) is 65.2 Å². The molecule has 2 aliphatic rings. The third-order valence-electron chi connectivity index (χ3n) is 7.04. The van der Waals surface area contributed by atoms with Gasteiger partial charge in [-0.05, 0) is 69.3 Å². The van der Waals surface area contributed by atoms with Crippen LogP contribution >= 0.6 is 0 Å². The van der Waals surface area contributed by atoms with Gasteiger partial charge in [0.15, 0.2) is 0 Å². The van der Waals surface area contributed by atoms with Crippen LogP contribution in [0.3, 0.4) is 0 Å². The average molecular weight is 463 g/mol. The minimum atomic E-state index is -0.0112. The molecule has 1 aliphatic heterocycles. The zero-order valence-electron chi connectivity index (χ0n) is 20.6. The molecule has 0 aromatic heterocycles. The molecular weight excluding hydrogens is 424 g/mol. The van der Waals surface area contributed by atoms with Crippen molar-refractivity contribution in [3.63, 3.8) is 0 Å². The van der Waals surface area contributed by atoms with Gasteiger partial charge < -0.3 is 10.6 Å². The van der Waals surface area contributed by atoms with Gasteiger partial charge in [-0.25, -0.2) is 0 Å². The number of hydrogen-bond acceptors (Lipinski definition) is 4. The van der Waals surface area contributed by atoms with Gasteiger partial charge in [0.2, 0.25) is 11.8 Å². The number of carbonyl (C=O) groups excluding carboxylic acids is 2. The molecule has 2 N–H and O–H groups in total. The van der Waals surface area contributed by atoms with Crippen LogP contribution in [0, 0.1) is 13.8 Å². The van der Waals surface area contributed by atoms with Crippen LogP contribution in [0.2, 0.25) is 0 Å². The minimum absolute atomic E-state index is 0.0112. The summed E-state index contributed by atoms with van der Waals surface area (Å²) in [5, 5.41) is 6.26. The maximum absolute atomic E-state index is 12.8. The Morgan fingerprint density at radius 2 is 1.65 bits per heavy atom. The van der Waals surface area contributed by atoms with Gasteiger partial charge >= 0.3 is 0 Å². The van der Waals surface area contributed by atoms with Crippen molar-refractivity contribution in [1.29, 1.82) is 0 Å². The smallest absolute Gasteiger partial charge is 0.238 e. The molecule has 0 bridgehead atoms. The number of carbonyl (C=O) groups is 2. The monoisotopic (exact) mass is 462 g/mol. The van der Waals surface area contributed by atoms with E-state index in [0.29, 0.717) is 32.1 Å². The van der Waals surface area contributed by atoms with Crippen LogP contribution < -0.4 is 10.6 Å². The van der Waals surface area contributed by atoms with Gasteiger partial charge in [-0.15, -0.1) is 0 Å². The van der Waals surface area contributed by atoms with Crippen molar-refractivity contribution in [2.75, 3.05) is 38.0 Å². The molecule has 4 rings (SSSR count). The molecule has 34 heavy (non-hydrogen) atoms. The molecule has 2 aromatic rings. The molecule has 6 nitrogen and oxygen atoms in total. The Bertz CT molecular complexity index is 947. The standard InChI is InChI=1S/C28H38N4O2/c1-21-9-8-10-22(2)28(21)30-27(34)20-32(24-13-14-24)18-15-26(33)29-19-25(31-16-6-7-17-31)23-11-4-3-5-12-23/h3-5,8-12,24-25H,6-7,13-20H2,1-2H3,(H,29,33)(H,30,34). The SMILES string of the molecule is Cc1cccc(C)c1NC(=O)CN(CCC(=O)NCC(c1ccccc1)N1CCCC1)C1CC1. The van der Waals surface area contributed by atoms with E-state index in [1.807, 2.05) is 38.1 Å². The van der Waals surface area contributed by atoms with E-state index in [-0.39, 0.29) is 17.9 Å². The molecule has 1 heterocycles. The molecule has 2 aromatic carbocycles. The molecule has 1 atom stereocenters. The second-order valence-corrected chi connectivity index (χ2v) is 9.74. The van der Waals surface area contributed by atoms with Crippen molar-refractivity contribution in [2.45, 2.75) is 58.0 Å². The highest BCUT2D eigenvalue weighted by molar-refractivity contribution is 5.93. The van der Waals surface area contributed by atoms with E-state index in [9.17, 15) is 9.59 Å². The van der Waals surface area contributed by atoms with Gasteiger partial charge in [0.25, 0.3) is 0 Å². The zero-order valence-corrected chi connectivity index (χ0v) is 20.6. The maximum atomic E-state index is 12.8. The van der Waals surface area contributed by atoms with Gasteiger partial charge in [0.05, 0.1) is 12.6 Å². The van der Waals surface area contributed by atoms with E-state index in [2.05, 4.69) is 44.7 Å². The van der Waals surface area contributed by atoms with Gasteiger partial charge in [0.1, 0.15) is 0 Å². The topological polar surface area (TPSA) is 64.7 Å². The summed E-state index contributed by atoms with van der Waals surface area (Å²) in [5.74, 6) is 0.0452. The van der Waals surface area contributed by atoms with Crippen molar-refractivity contribution in [1.82, 2.24) is 15.1 Å². The Kier molecular flexibility index (Phi) is 8.35. The van der Waals surface area contributed by atoms with Crippen molar-refractivity contribution in [2.24, 2.45) is 0 Å². The predicted molar refractivity (Wildman–Crippen MR) is 137 cm³/mol. The van der Waals surface area contributed by atoms with Gasteiger partial charge in [-0.1, -0.05) is 48.5 Å². The van der Waals surface area contributed by atoms with Crippen LogP contribution in [0.15, 0.2) is 48.5 Å². The molecule has 182 valence electrons. The highest BCUT2D eigenvalue weighted by Crippen LogP contribution is 2.27. The number of rotatable bonds is 11. The van der Waals surface area contributed by atoms with E-state index in [1.165, 1.54) is 18.4 Å². The summed E-state index contributed by atoms with van der Waals surface area (Å²) in [7, 11) is 0. The third kappa shape index (κ3) is 6.67. The lowest BCUT2D eigenvalue weighted by atomic mass is 10.1. The number of anilines is 1. The fourth-order valence-electron chi connectivity index (χ4n) is 4.94. The van der Waals surface area contributed by atoms with E-state index in [1.54, 1.807) is 0 Å². The number of hydrogen-bond donors (Lipinski definition) is 2. The van der Waals surface area contributed by atoms with E-state index >= 15 is 0 Å². The Morgan fingerprint density at radius 3 is 2.29 bits per heavy atom. The predicted octanol–water partition coefficient (Wildman–Crippen LogP) is 4.05. The molecular formula is C28H38N4O2. The average Bonchev–Trinajstić information content (AvgIpc) is 3.54. The minimum Gasteiger partial charge on any atom is -0.354 e. The Morgan fingerprint density at radius 1 is 0.971 bits per heavy atom. The molecule has 6 heteroatoms. The normalized spacial score (nSPS) is 17.0. The van der Waals surface area contributed by atoms with Gasteiger partial charge in [-0.2, -0.15) is 0 Å². The van der Waals surface area contributed by atoms with Crippen LogP contribution in [0.4, 0.5) is 5.69 Å². The lowest BCUT2D eigenvalue weighted by Gasteiger charge is -2.28. The molecule has 2 fully saturated rings. The number of aryl methyl sites for hydroxylation is 2. The fourth-order valence-corrected chi connectivity index (χ4v) is 4.94. The highest BCUT2D eigenvalue weighted by Gasteiger charge is 2.31. The summed E-state index contributed by atoms with van der Waals surface area (Å²) in [6.45, 7) is 7.75. The van der Waals surface area contributed by atoms with Crippen molar-refractivity contribution < 1.29 is 9.59 Å². The first-order valence-corrected chi connectivity index (χ1v) is 12.7. The summed E-state index contributed by atoms with van der Waals surface area (Å²) < 4.78 is 0. The largest absolute Gasteiger partial charge is 0.354 e. The summed E-state index contributed by atoms with van der Waals surface area (Å²) in [5.41, 5.74) is 4.29. The lowest BCUT2D eigenvalue weighted by molar-refractivity contribution is -0.122. The quantitative estimate of drug-likeness (QED) is 0.529. The zero-order chi connectivity index (χ0) is 23.9. The number of likely N-dealkylation sites (tertiary alicyclic amines) is 1. The van der Waals surface area contributed by atoms with Gasteiger partial charge in [0, 0.05) is 31.2 Å². The number of nitrogens with zero attached hydrogens (tertiary/aromatic N) is 2. The van der Waals surface area contributed by atoms with Crippen LogP contribution in [-0.4, -0.2) is 60.4 Å². The summed E-state index contributed by atoms with van der Waals surface area (Å²) in [6, 6.07) is 17.1. The van der Waals surface area contributed by atoms with Crippen molar-refractivity contribution in [3.8, 4) is 0 Å². The fraction of sp³-hybridized carbons (Fsp3) is 0.500. The van der Waals surface area contributed by atoms with E-state index < -0.39 is 0 Å². The molecule has 2 amide bonds. The second-order valence-electron chi connectivity index (χ2n) is 9.74. The molecule has 1 saturated heterocycles. The Balaban J connectivity index is 1.27. The molecule has 0 spiro atoms. The first-order valence-electron chi connectivity index (χ1n) is 12.7. The third-order valence-corrected chi connectivity index (χ3v) is 7.04. The van der Waals surface area contributed by atoms with Gasteiger partial charge in [-0.3, -0.25) is 19.4 Å². The van der Waals surface area contributed by atoms with Crippen LogP contribution in [0.1, 0.15) is 54.8 Å². The van der Waals surface area contributed by atoms with Crippen LogP contribution in [-0.2, 0) is 9.59 Å². The molecule has 1 saturated carbocycles. The number of benzene rings is 2. The molecule has 0 radical (unpaired) electrons. The lowest BCUT2D eigenvalue weighted by Crippen LogP contribution is -2.40. The second kappa shape index (κ2) is 11.6. The summed E-state index contributed by atoms with van der Waals surface area (Å²) in [4.78, 5) is 30.2.